The number of hydrogen-bond donors (Lipinski definition) is 2. The van der Waals surface area contributed by atoms with E-state index >= 15 is 0 Å². The average Bonchev–Trinajstić information content (AvgIpc) is 2.28. The minimum absolute atomic E-state index is 0.251. The van der Waals surface area contributed by atoms with Crippen LogP contribution >= 0.6 is 0 Å². The molecular formula is C12H28N2O. The highest BCUT2D eigenvalue weighted by Gasteiger charge is 2.21. The van der Waals surface area contributed by atoms with E-state index in [0.717, 1.165) is 25.2 Å². The van der Waals surface area contributed by atoms with Crippen molar-refractivity contribution in [3.63, 3.8) is 0 Å². The summed E-state index contributed by atoms with van der Waals surface area (Å²) in [5, 5.41) is 0. The van der Waals surface area contributed by atoms with Gasteiger partial charge in [-0.25, -0.2) is 0 Å². The molecule has 3 nitrogen and oxygen atoms in total. The monoisotopic (exact) mass is 216 g/mol. The van der Waals surface area contributed by atoms with Crippen LogP contribution in [-0.2, 0) is 4.74 Å². The van der Waals surface area contributed by atoms with Gasteiger partial charge in [0.05, 0.1) is 6.10 Å². The van der Waals surface area contributed by atoms with Gasteiger partial charge in [0.1, 0.15) is 0 Å². The second-order valence-corrected chi connectivity index (χ2v) is 4.25. The van der Waals surface area contributed by atoms with Crippen LogP contribution in [0.3, 0.4) is 0 Å². The largest absolute Gasteiger partial charge is 0.380 e. The van der Waals surface area contributed by atoms with Crippen molar-refractivity contribution in [3.8, 4) is 0 Å². The zero-order valence-corrected chi connectivity index (χ0v) is 10.8. The fraction of sp³-hybridized carbons (Fsp3) is 1.00. The Morgan fingerprint density at radius 3 is 2.13 bits per heavy atom. The number of nitrogens with one attached hydrogen (secondary N) is 1. The predicted molar refractivity (Wildman–Crippen MR) is 65.5 cm³/mol. The SMILES string of the molecule is CCCC(OC)C(CC(CC)CC)NN. The molecule has 0 aliphatic rings. The van der Waals surface area contributed by atoms with Crippen molar-refractivity contribution >= 4 is 0 Å². The highest BCUT2D eigenvalue weighted by atomic mass is 16.5. The maximum atomic E-state index is 5.61. The molecule has 0 radical (unpaired) electrons. The minimum atomic E-state index is 0.251. The summed E-state index contributed by atoms with van der Waals surface area (Å²) >= 11 is 0. The highest BCUT2D eigenvalue weighted by Crippen LogP contribution is 2.19. The average molecular weight is 216 g/mol. The Hall–Kier alpha value is -0.120. The molecule has 3 N–H and O–H groups in total. The molecule has 0 amide bonds. The van der Waals surface area contributed by atoms with Crippen LogP contribution in [0.1, 0.15) is 52.9 Å². The molecular weight excluding hydrogens is 188 g/mol. The summed E-state index contributed by atoms with van der Waals surface area (Å²) in [5.74, 6) is 6.36. The van der Waals surface area contributed by atoms with Gasteiger partial charge in [-0.3, -0.25) is 11.3 Å². The number of rotatable bonds is 9. The fourth-order valence-corrected chi connectivity index (χ4v) is 2.08. The summed E-state index contributed by atoms with van der Waals surface area (Å²) < 4.78 is 5.49. The molecule has 2 unspecified atom stereocenters. The second kappa shape index (κ2) is 9.13. The summed E-state index contributed by atoms with van der Waals surface area (Å²) in [4.78, 5) is 0. The topological polar surface area (TPSA) is 47.3 Å². The first-order valence-electron chi connectivity index (χ1n) is 6.22. The van der Waals surface area contributed by atoms with E-state index in [2.05, 4.69) is 26.2 Å². The molecule has 0 aliphatic heterocycles. The lowest BCUT2D eigenvalue weighted by molar-refractivity contribution is 0.0520. The summed E-state index contributed by atoms with van der Waals surface area (Å²) in [7, 11) is 1.78. The first-order chi connectivity index (χ1) is 7.23. The standard InChI is InChI=1S/C12H28N2O/c1-5-8-12(15-4)11(14-13)9-10(6-2)7-3/h10-12,14H,5-9,13H2,1-4H3. The molecule has 0 spiro atoms. The molecule has 92 valence electrons. The summed E-state index contributed by atoms with van der Waals surface area (Å²) in [6.45, 7) is 6.66. The van der Waals surface area contributed by atoms with Crippen LogP contribution in [0.25, 0.3) is 0 Å². The van der Waals surface area contributed by atoms with Crippen LogP contribution in [0.5, 0.6) is 0 Å². The van der Waals surface area contributed by atoms with Crippen molar-refractivity contribution in [1.29, 1.82) is 0 Å². The third-order valence-electron chi connectivity index (χ3n) is 3.28. The van der Waals surface area contributed by atoms with Crippen molar-refractivity contribution < 1.29 is 4.74 Å². The van der Waals surface area contributed by atoms with Gasteiger partial charge in [-0.15, -0.1) is 0 Å². The van der Waals surface area contributed by atoms with Crippen LogP contribution in [0.2, 0.25) is 0 Å². The van der Waals surface area contributed by atoms with E-state index < -0.39 is 0 Å². The molecule has 0 aliphatic carbocycles. The molecule has 0 aromatic heterocycles. The number of hydrogen-bond acceptors (Lipinski definition) is 3. The number of nitrogens with two attached hydrogens (primary N) is 1. The van der Waals surface area contributed by atoms with Gasteiger partial charge in [-0.05, 0) is 18.8 Å². The molecule has 0 saturated heterocycles. The van der Waals surface area contributed by atoms with Crippen molar-refractivity contribution in [2.75, 3.05) is 7.11 Å². The van der Waals surface area contributed by atoms with Gasteiger partial charge in [-0.1, -0.05) is 40.0 Å². The van der Waals surface area contributed by atoms with Gasteiger partial charge in [-0.2, -0.15) is 0 Å². The molecule has 0 heterocycles. The molecule has 15 heavy (non-hydrogen) atoms. The minimum Gasteiger partial charge on any atom is -0.380 e. The molecule has 0 fully saturated rings. The maximum Gasteiger partial charge on any atom is 0.0737 e. The van der Waals surface area contributed by atoms with E-state index in [1.54, 1.807) is 7.11 Å². The second-order valence-electron chi connectivity index (χ2n) is 4.25. The first-order valence-corrected chi connectivity index (χ1v) is 6.22. The van der Waals surface area contributed by atoms with Crippen LogP contribution in [0, 0.1) is 5.92 Å². The van der Waals surface area contributed by atoms with Crippen LogP contribution in [0.15, 0.2) is 0 Å². The van der Waals surface area contributed by atoms with Gasteiger partial charge in [0.25, 0.3) is 0 Å². The summed E-state index contributed by atoms with van der Waals surface area (Å²) in [6, 6.07) is 0.292. The summed E-state index contributed by atoms with van der Waals surface area (Å²) in [6.07, 6.45) is 6.02. The zero-order valence-electron chi connectivity index (χ0n) is 10.8. The maximum absolute atomic E-state index is 5.61. The molecule has 0 bridgehead atoms. The van der Waals surface area contributed by atoms with Gasteiger partial charge < -0.3 is 4.74 Å². The number of hydrazine groups is 1. The van der Waals surface area contributed by atoms with Crippen LogP contribution < -0.4 is 11.3 Å². The lowest BCUT2D eigenvalue weighted by Crippen LogP contribution is -2.45. The Morgan fingerprint density at radius 2 is 1.80 bits per heavy atom. The molecule has 3 heteroatoms. The normalized spacial score (nSPS) is 15.6. The van der Waals surface area contributed by atoms with Crippen LogP contribution in [-0.4, -0.2) is 19.3 Å². The Bertz CT molecular complexity index is 138. The Kier molecular flexibility index (Phi) is 9.06. The fourth-order valence-electron chi connectivity index (χ4n) is 2.08. The van der Waals surface area contributed by atoms with E-state index in [9.17, 15) is 0 Å². The number of ether oxygens (including phenoxy) is 1. The van der Waals surface area contributed by atoms with Gasteiger partial charge in [0.15, 0.2) is 0 Å². The zero-order chi connectivity index (χ0) is 11.7. The van der Waals surface area contributed by atoms with Crippen LogP contribution in [0.4, 0.5) is 0 Å². The molecule has 0 rings (SSSR count). The quantitative estimate of drug-likeness (QED) is 0.460. The Labute approximate surface area is 94.7 Å². The third-order valence-corrected chi connectivity index (χ3v) is 3.28. The van der Waals surface area contributed by atoms with E-state index in [0.29, 0.717) is 6.04 Å². The molecule has 2 atom stereocenters. The van der Waals surface area contributed by atoms with Crippen molar-refractivity contribution in [2.45, 2.75) is 65.0 Å². The van der Waals surface area contributed by atoms with Crippen molar-refractivity contribution in [3.05, 3.63) is 0 Å². The highest BCUT2D eigenvalue weighted by molar-refractivity contribution is 4.77. The lowest BCUT2D eigenvalue weighted by Gasteiger charge is -2.28. The van der Waals surface area contributed by atoms with E-state index in [1.807, 2.05) is 0 Å². The van der Waals surface area contributed by atoms with Gasteiger partial charge in [0.2, 0.25) is 0 Å². The third kappa shape index (κ3) is 5.50. The van der Waals surface area contributed by atoms with Crippen molar-refractivity contribution in [1.82, 2.24) is 5.43 Å². The smallest absolute Gasteiger partial charge is 0.0737 e. The van der Waals surface area contributed by atoms with E-state index in [4.69, 9.17) is 10.6 Å². The molecule has 0 aromatic rings. The Morgan fingerprint density at radius 1 is 1.20 bits per heavy atom. The predicted octanol–water partition coefficient (Wildman–Crippen LogP) is 2.46. The summed E-state index contributed by atoms with van der Waals surface area (Å²) in [5.41, 5.74) is 2.91. The lowest BCUT2D eigenvalue weighted by atomic mass is 9.91. The first kappa shape index (κ1) is 14.9. The van der Waals surface area contributed by atoms with Gasteiger partial charge >= 0.3 is 0 Å². The van der Waals surface area contributed by atoms with E-state index in [1.165, 1.54) is 12.8 Å². The molecule has 0 saturated carbocycles. The van der Waals surface area contributed by atoms with E-state index in [-0.39, 0.29) is 6.10 Å². The van der Waals surface area contributed by atoms with Gasteiger partial charge in [0, 0.05) is 13.2 Å². The number of methoxy groups -OCH3 is 1. The van der Waals surface area contributed by atoms with Crippen molar-refractivity contribution in [2.24, 2.45) is 11.8 Å². The Balaban J connectivity index is 4.17. The molecule has 0 aromatic carbocycles.